The summed E-state index contributed by atoms with van der Waals surface area (Å²) >= 11 is 0. The normalized spacial score (nSPS) is 24.6. The number of dihydropyridines is 1. The van der Waals surface area contributed by atoms with Crippen molar-refractivity contribution in [2.75, 3.05) is 79.9 Å². The molecule has 4 saturated heterocycles. The highest BCUT2D eigenvalue weighted by atomic mass is 16.5. The summed E-state index contributed by atoms with van der Waals surface area (Å²) in [5.41, 5.74) is 4.88. The number of hydrogen-bond acceptors (Lipinski definition) is 10. The highest BCUT2D eigenvalue weighted by molar-refractivity contribution is 5.84. The summed E-state index contributed by atoms with van der Waals surface area (Å²) in [5, 5.41) is 17.9. The van der Waals surface area contributed by atoms with Crippen LogP contribution in [-0.4, -0.2) is 121 Å². The van der Waals surface area contributed by atoms with Gasteiger partial charge in [0.2, 0.25) is 0 Å². The zero-order valence-electron chi connectivity index (χ0n) is 24.3. The van der Waals surface area contributed by atoms with E-state index in [1.807, 2.05) is 12.3 Å². The van der Waals surface area contributed by atoms with Gasteiger partial charge in [-0.3, -0.25) is 9.80 Å². The van der Waals surface area contributed by atoms with E-state index in [9.17, 15) is 5.26 Å². The van der Waals surface area contributed by atoms with Crippen molar-refractivity contribution in [2.45, 2.75) is 18.5 Å². The average molecular weight is 571 g/mol. The first-order valence-corrected chi connectivity index (χ1v) is 14.7. The number of piperazine rings is 1. The lowest BCUT2D eigenvalue weighted by molar-refractivity contribution is -0.0455. The Morgan fingerprint density at radius 3 is 2.67 bits per heavy atom. The summed E-state index contributed by atoms with van der Waals surface area (Å²) in [6.07, 6.45) is 13.4. The third kappa shape index (κ3) is 5.11. The summed E-state index contributed by atoms with van der Waals surface area (Å²) < 4.78 is 18.8. The number of aromatic nitrogens is 2. The smallest absolute Gasteiger partial charge is 0.188 e. The molecule has 0 saturated carbocycles. The Kier molecular flexibility index (Phi) is 7.27. The van der Waals surface area contributed by atoms with Crippen LogP contribution in [-0.2, 0) is 9.47 Å². The molecular formula is C31H38N8O3. The second-order valence-corrected chi connectivity index (χ2v) is 11.7. The molecule has 1 N–H and O–H groups in total. The van der Waals surface area contributed by atoms with E-state index in [0.29, 0.717) is 30.9 Å². The Morgan fingerprint density at radius 2 is 1.95 bits per heavy atom. The molecule has 220 valence electrons. The first-order valence-electron chi connectivity index (χ1n) is 14.7. The molecule has 2 unspecified atom stereocenters. The number of methoxy groups -OCH3 is 1. The Balaban J connectivity index is 1.05. The molecule has 8 heterocycles. The Labute approximate surface area is 246 Å². The molecule has 0 radical (unpaired) electrons. The molecule has 0 aromatic carbocycles. The molecule has 2 atom stereocenters. The molecule has 0 spiro atoms. The van der Waals surface area contributed by atoms with E-state index < -0.39 is 0 Å². The van der Waals surface area contributed by atoms with Gasteiger partial charge in [-0.1, -0.05) is 12.2 Å². The molecule has 11 heteroatoms. The fourth-order valence-electron chi connectivity index (χ4n) is 6.83. The molecule has 4 fully saturated rings. The van der Waals surface area contributed by atoms with E-state index in [-0.39, 0.29) is 0 Å². The second kappa shape index (κ2) is 11.4. The lowest BCUT2D eigenvalue weighted by Crippen LogP contribution is -2.69. The number of fused-ring (bicyclic) bond motifs is 3. The minimum absolute atomic E-state index is 0.496. The van der Waals surface area contributed by atoms with Crippen molar-refractivity contribution in [1.29, 1.82) is 5.26 Å². The van der Waals surface area contributed by atoms with Gasteiger partial charge in [0.25, 0.3) is 0 Å². The van der Waals surface area contributed by atoms with Crippen LogP contribution in [0.4, 0.5) is 0 Å². The molecule has 42 heavy (non-hydrogen) atoms. The minimum atomic E-state index is 0.496. The van der Waals surface area contributed by atoms with Crippen molar-refractivity contribution >= 4 is 11.1 Å². The Morgan fingerprint density at radius 1 is 1.12 bits per heavy atom. The number of nitrogens with one attached hydrogen (secondary N) is 1. The average Bonchev–Trinajstić information content (AvgIpc) is 3.44. The van der Waals surface area contributed by atoms with Gasteiger partial charge in [-0.25, -0.2) is 4.52 Å². The maximum absolute atomic E-state index is 9.77. The van der Waals surface area contributed by atoms with Crippen LogP contribution in [0, 0.1) is 11.3 Å². The van der Waals surface area contributed by atoms with Gasteiger partial charge in [0.1, 0.15) is 24.4 Å². The first kappa shape index (κ1) is 26.9. The predicted molar refractivity (Wildman–Crippen MR) is 158 cm³/mol. The summed E-state index contributed by atoms with van der Waals surface area (Å²) in [5.74, 6) is 2.84. The van der Waals surface area contributed by atoms with E-state index in [2.05, 4.69) is 67.4 Å². The predicted octanol–water partition coefficient (Wildman–Crippen LogP) is 1.82. The van der Waals surface area contributed by atoms with Crippen LogP contribution in [0.25, 0.3) is 11.1 Å². The molecule has 2 aromatic heterocycles. The van der Waals surface area contributed by atoms with Gasteiger partial charge in [-0.05, 0) is 35.8 Å². The third-order valence-corrected chi connectivity index (χ3v) is 8.93. The van der Waals surface area contributed by atoms with Gasteiger partial charge in [0.15, 0.2) is 5.88 Å². The van der Waals surface area contributed by atoms with E-state index in [1.165, 1.54) is 17.8 Å². The maximum atomic E-state index is 9.77. The molecule has 2 bridgehead atoms. The van der Waals surface area contributed by atoms with Gasteiger partial charge >= 0.3 is 0 Å². The van der Waals surface area contributed by atoms with Gasteiger partial charge in [0.05, 0.1) is 43.8 Å². The number of rotatable bonds is 8. The minimum Gasteiger partial charge on any atom is -0.482 e. The van der Waals surface area contributed by atoms with Crippen LogP contribution in [0.1, 0.15) is 17.5 Å². The lowest BCUT2D eigenvalue weighted by Gasteiger charge is -2.58. The summed E-state index contributed by atoms with van der Waals surface area (Å²) in [7, 11) is 3.80. The number of piperidine rings is 1. The molecule has 8 rings (SSSR count). The second-order valence-electron chi connectivity index (χ2n) is 11.7. The zero-order chi connectivity index (χ0) is 28.6. The van der Waals surface area contributed by atoms with E-state index in [1.54, 1.807) is 17.8 Å². The van der Waals surface area contributed by atoms with Crippen molar-refractivity contribution in [3.8, 4) is 11.8 Å². The largest absolute Gasteiger partial charge is 0.482 e. The number of morpholine rings is 1. The summed E-state index contributed by atoms with van der Waals surface area (Å²) in [6, 6.07) is 5.39. The fraction of sp³-hybridized carbons (Fsp3) is 0.484. The molecule has 2 aromatic rings. The highest BCUT2D eigenvalue weighted by Crippen LogP contribution is 2.37. The van der Waals surface area contributed by atoms with Gasteiger partial charge in [-0.2, -0.15) is 10.4 Å². The number of pyridine rings is 1. The van der Waals surface area contributed by atoms with Crippen LogP contribution in [0.5, 0.6) is 5.75 Å². The van der Waals surface area contributed by atoms with Crippen molar-refractivity contribution in [1.82, 2.24) is 34.5 Å². The molecule has 0 aliphatic carbocycles. The van der Waals surface area contributed by atoms with Crippen LogP contribution in [0.2, 0.25) is 0 Å². The third-order valence-electron chi connectivity index (χ3n) is 8.93. The number of ether oxygens (including phenoxy) is 3. The highest BCUT2D eigenvalue weighted by Gasteiger charge is 2.45. The summed E-state index contributed by atoms with van der Waals surface area (Å²) in [4.78, 5) is 9.55. The van der Waals surface area contributed by atoms with Crippen molar-refractivity contribution in [3.05, 3.63) is 71.2 Å². The van der Waals surface area contributed by atoms with E-state index in [0.717, 1.165) is 80.8 Å². The standard InChI is InChI=1S/C31H38N8O3/c1-35-16-22(3-6-30(35)40-2)17-37-18-25-11-26(19-37)39(25)29-5-4-23(14-33-29)28-12-27(42-21-36-7-9-41-10-8-36)20-38-31(28)24(13-32)15-34-38/h3-6,12,15,20,25-26,33H,7-11,14,16-19,21H2,1-2H3. The number of nitrogens with zero attached hydrogens (tertiary/aromatic N) is 7. The molecule has 6 aliphatic heterocycles. The quantitative estimate of drug-likeness (QED) is 0.507. The molecule has 0 amide bonds. The number of likely N-dealkylation sites (N-methyl/N-ethyl adjacent to an activating group) is 1. The Hall–Kier alpha value is -3.98. The number of nitriles is 1. The van der Waals surface area contributed by atoms with Crippen LogP contribution in [0.15, 0.2) is 60.0 Å². The SMILES string of the molecule is COC1=CC=C(CN2CC3CC(C2)N3C2=CC=C(c3cc(OCN4CCOCC4)cn4ncc(C#N)c34)CN2)CN1C. The zero-order valence-corrected chi connectivity index (χ0v) is 24.3. The van der Waals surface area contributed by atoms with Gasteiger partial charge < -0.3 is 29.3 Å². The number of hydrogen-bond donors (Lipinski definition) is 1. The van der Waals surface area contributed by atoms with Crippen LogP contribution < -0.4 is 10.1 Å². The molecule has 6 aliphatic rings. The fourth-order valence-corrected chi connectivity index (χ4v) is 6.83. The van der Waals surface area contributed by atoms with E-state index >= 15 is 0 Å². The van der Waals surface area contributed by atoms with Crippen LogP contribution in [0.3, 0.4) is 0 Å². The van der Waals surface area contributed by atoms with Crippen molar-refractivity contribution < 1.29 is 14.2 Å². The Bertz CT molecular complexity index is 1500. The van der Waals surface area contributed by atoms with Gasteiger partial charge in [0, 0.05) is 70.5 Å². The first-order chi connectivity index (χ1) is 20.6. The topological polar surface area (TPSA) is 93.8 Å². The van der Waals surface area contributed by atoms with E-state index in [4.69, 9.17) is 14.2 Å². The summed E-state index contributed by atoms with van der Waals surface area (Å²) in [6.45, 7) is 8.39. The monoisotopic (exact) mass is 570 g/mol. The molecular weight excluding hydrogens is 532 g/mol. The maximum Gasteiger partial charge on any atom is 0.188 e. The number of allylic oxidation sites excluding steroid dienone is 4. The lowest BCUT2D eigenvalue weighted by atomic mass is 9.86. The van der Waals surface area contributed by atoms with Crippen LogP contribution >= 0.6 is 0 Å². The van der Waals surface area contributed by atoms with Crippen molar-refractivity contribution in [2.24, 2.45) is 0 Å². The molecule has 11 nitrogen and oxygen atoms in total. The van der Waals surface area contributed by atoms with Crippen molar-refractivity contribution in [3.63, 3.8) is 0 Å². The van der Waals surface area contributed by atoms with Gasteiger partial charge in [-0.15, -0.1) is 0 Å².